The molecule has 126 valence electrons. The maximum Gasteiger partial charge on any atom is 0.289 e. The third kappa shape index (κ3) is 3.74. The minimum atomic E-state index is -0.385. The average Bonchev–Trinajstić information content (AvgIpc) is 2.67. The van der Waals surface area contributed by atoms with Crippen molar-refractivity contribution >= 4 is 23.0 Å². The molecule has 1 heterocycles. The van der Waals surface area contributed by atoms with E-state index in [-0.39, 0.29) is 5.91 Å². The van der Waals surface area contributed by atoms with Crippen molar-refractivity contribution in [2.75, 3.05) is 14.2 Å². The normalized spacial score (nSPS) is 10.8. The summed E-state index contributed by atoms with van der Waals surface area (Å²) in [6.45, 7) is 0. The molecule has 1 amide bonds. The van der Waals surface area contributed by atoms with Gasteiger partial charge in [0.15, 0.2) is 0 Å². The van der Waals surface area contributed by atoms with E-state index in [0.717, 1.165) is 10.9 Å². The molecule has 3 aromatic rings. The standard InChI is InChI=1S/C19H17N3O3/c1-24-15-8-10-18(25-2)14(11-15)12-20-22-19(23)17-9-7-13-5-3-4-6-16(13)21-17/h3-12H,1-2H3,(H,22,23). The Kier molecular flexibility index (Phi) is 4.89. The lowest BCUT2D eigenvalue weighted by molar-refractivity contribution is 0.0950. The number of hydrogen-bond acceptors (Lipinski definition) is 5. The van der Waals surface area contributed by atoms with Gasteiger partial charge in [0.1, 0.15) is 17.2 Å². The van der Waals surface area contributed by atoms with Gasteiger partial charge in [-0.25, -0.2) is 10.4 Å². The van der Waals surface area contributed by atoms with Gasteiger partial charge in [-0.1, -0.05) is 24.3 Å². The van der Waals surface area contributed by atoms with Gasteiger partial charge in [0.25, 0.3) is 5.91 Å². The summed E-state index contributed by atoms with van der Waals surface area (Å²) in [7, 11) is 3.15. The summed E-state index contributed by atoms with van der Waals surface area (Å²) in [6.07, 6.45) is 1.50. The molecular weight excluding hydrogens is 318 g/mol. The number of carbonyl (C=O) groups is 1. The number of carbonyl (C=O) groups excluding carboxylic acids is 1. The first-order valence-electron chi connectivity index (χ1n) is 7.62. The number of amides is 1. The number of aromatic nitrogens is 1. The molecule has 25 heavy (non-hydrogen) atoms. The van der Waals surface area contributed by atoms with E-state index in [4.69, 9.17) is 9.47 Å². The van der Waals surface area contributed by atoms with E-state index in [1.54, 1.807) is 38.5 Å². The SMILES string of the molecule is COc1ccc(OC)c(C=NNC(=O)c2ccc3ccccc3n2)c1. The van der Waals surface area contributed by atoms with Crippen LogP contribution < -0.4 is 14.9 Å². The van der Waals surface area contributed by atoms with Crippen molar-refractivity contribution in [2.45, 2.75) is 0 Å². The molecule has 1 N–H and O–H groups in total. The second-order valence-corrected chi connectivity index (χ2v) is 5.20. The zero-order chi connectivity index (χ0) is 17.6. The van der Waals surface area contributed by atoms with Crippen molar-refractivity contribution in [3.63, 3.8) is 0 Å². The summed E-state index contributed by atoms with van der Waals surface area (Å²) in [4.78, 5) is 16.5. The van der Waals surface area contributed by atoms with E-state index in [1.165, 1.54) is 6.21 Å². The Morgan fingerprint density at radius 2 is 1.92 bits per heavy atom. The van der Waals surface area contributed by atoms with Gasteiger partial charge in [-0.05, 0) is 30.3 Å². The molecule has 0 aliphatic carbocycles. The van der Waals surface area contributed by atoms with Crippen LogP contribution in [0, 0.1) is 0 Å². The monoisotopic (exact) mass is 335 g/mol. The molecular formula is C19H17N3O3. The number of ether oxygens (including phenoxy) is 2. The highest BCUT2D eigenvalue weighted by Gasteiger charge is 2.07. The number of benzene rings is 2. The molecule has 0 saturated heterocycles. The molecule has 2 aromatic carbocycles. The van der Waals surface area contributed by atoms with Crippen molar-refractivity contribution in [2.24, 2.45) is 5.10 Å². The first-order valence-corrected chi connectivity index (χ1v) is 7.62. The van der Waals surface area contributed by atoms with Crippen LogP contribution in [0.4, 0.5) is 0 Å². The highest BCUT2D eigenvalue weighted by Crippen LogP contribution is 2.22. The third-order valence-electron chi connectivity index (χ3n) is 3.64. The zero-order valence-electron chi connectivity index (χ0n) is 13.9. The maximum atomic E-state index is 12.2. The summed E-state index contributed by atoms with van der Waals surface area (Å²) >= 11 is 0. The number of methoxy groups -OCH3 is 2. The number of hydrazone groups is 1. The maximum absolute atomic E-state index is 12.2. The fraction of sp³-hybridized carbons (Fsp3) is 0.105. The number of hydrogen-bond donors (Lipinski definition) is 1. The Labute approximate surface area is 145 Å². The van der Waals surface area contributed by atoms with Crippen LogP contribution in [0.3, 0.4) is 0 Å². The third-order valence-corrected chi connectivity index (χ3v) is 3.64. The van der Waals surface area contributed by atoms with Gasteiger partial charge in [-0.2, -0.15) is 5.10 Å². The van der Waals surface area contributed by atoms with Crippen LogP contribution in [-0.4, -0.2) is 31.3 Å². The number of nitrogens with one attached hydrogen (secondary N) is 1. The van der Waals surface area contributed by atoms with Crippen molar-refractivity contribution in [3.8, 4) is 11.5 Å². The quantitative estimate of drug-likeness (QED) is 0.575. The first-order chi connectivity index (χ1) is 12.2. The fourth-order valence-electron chi connectivity index (χ4n) is 2.35. The van der Waals surface area contributed by atoms with Gasteiger partial charge < -0.3 is 9.47 Å². The fourth-order valence-corrected chi connectivity index (χ4v) is 2.35. The number of nitrogens with zero attached hydrogens (tertiary/aromatic N) is 2. The van der Waals surface area contributed by atoms with Crippen LogP contribution in [0.2, 0.25) is 0 Å². The molecule has 1 aromatic heterocycles. The van der Waals surface area contributed by atoms with Crippen LogP contribution in [0.5, 0.6) is 11.5 Å². The number of fused-ring (bicyclic) bond motifs is 1. The number of pyridine rings is 1. The lowest BCUT2D eigenvalue weighted by Crippen LogP contribution is -2.19. The summed E-state index contributed by atoms with van der Waals surface area (Å²) in [5, 5.41) is 4.96. The van der Waals surface area contributed by atoms with Gasteiger partial charge in [0.05, 0.1) is 26.0 Å². The summed E-state index contributed by atoms with van der Waals surface area (Å²) in [6, 6.07) is 16.4. The number of rotatable bonds is 5. The second-order valence-electron chi connectivity index (χ2n) is 5.20. The summed E-state index contributed by atoms with van der Waals surface area (Å²) in [5.74, 6) is 0.913. The van der Waals surface area contributed by atoms with E-state index in [0.29, 0.717) is 22.8 Å². The van der Waals surface area contributed by atoms with E-state index in [2.05, 4.69) is 15.5 Å². The summed E-state index contributed by atoms with van der Waals surface area (Å²) < 4.78 is 10.4. The molecule has 0 aliphatic heterocycles. The highest BCUT2D eigenvalue weighted by molar-refractivity contribution is 5.95. The minimum absolute atomic E-state index is 0.299. The molecule has 0 unspecified atom stereocenters. The highest BCUT2D eigenvalue weighted by atomic mass is 16.5. The van der Waals surface area contributed by atoms with Gasteiger partial charge >= 0.3 is 0 Å². The molecule has 0 bridgehead atoms. The Morgan fingerprint density at radius 1 is 1.08 bits per heavy atom. The molecule has 6 nitrogen and oxygen atoms in total. The lowest BCUT2D eigenvalue weighted by atomic mass is 10.2. The topological polar surface area (TPSA) is 72.8 Å². The van der Waals surface area contributed by atoms with Crippen LogP contribution in [-0.2, 0) is 0 Å². The van der Waals surface area contributed by atoms with Gasteiger partial charge in [0.2, 0.25) is 0 Å². The van der Waals surface area contributed by atoms with Crippen LogP contribution in [0.15, 0.2) is 59.7 Å². The molecule has 0 aliphatic rings. The molecule has 6 heteroatoms. The summed E-state index contributed by atoms with van der Waals surface area (Å²) in [5.41, 5.74) is 4.22. The van der Waals surface area contributed by atoms with Crippen LogP contribution in [0.25, 0.3) is 10.9 Å². The molecule has 0 fully saturated rings. The molecule has 0 saturated carbocycles. The number of para-hydroxylation sites is 1. The van der Waals surface area contributed by atoms with Crippen molar-refractivity contribution in [1.29, 1.82) is 0 Å². The average molecular weight is 335 g/mol. The van der Waals surface area contributed by atoms with E-state index >= 15 is 0 Å². The Bertz CT molecular complexity index is 938. The zero-order valence-corrected chi connectivity index (χ0v) is 13.9. The minimum Gasteiger partial charge on any atom is -0.497 e. The van der Waals surface area contributed by atoms with Gasteiger partial charge in [-0.3, -0.25) is 4.79 Å². The van der Waals surface area contributed by atoms with E-state index in [1.807, 2.05) is 30.3 Å². The smallest absolute Gasteiger partial charge is 0.289 e. The second kappa shape index (κ2) is 7.44. The van der Waals surface area contributed by atoms with Crippen molar-refractivity contribution in [3.05, 3.63) is 65.9 Å². The van der Waals surface area contributed by atoms with Crippen molar-refractivity contribution in [1.82, 2.24) is 10.4 Å². The predicted molar refractivity (Wildman–Crippen MR) is 96.3 cm³/mol. The Balaban J connectivity index is 1.76. The molecule has 0 radical (unpaired) electrons. The van der Waals surface area contributed by atoms with E-state index < -0.39 is 0 Å². The van der Waals surface area contributed by atoms with Crippen LogP contribution >= 0.6 is 0 Å². The molecule has 0 atom stereocenters. The van der Waals surface area contributed by atoms with Gasteiger partial charge in [0, 0.05) is 10.9 Å². The predicted octanol–water partition coefficient (Wildman–Crippen LogP) is 3.02. The lowest BCUT2D eigenvalue weighted by Gasteiger charge is -2.06. The van der Waals surface area contributed by atoms with Gasteiger partial charge in [-0.15, -0.1) is 0 Å². The Hall–Kier alpha value is -3.41. The molecule has 3 rings (SSSR count). The van der Waals surface area contributed by atoms with E-state index in [9.17, 15) is 4.79 Å². The molecule has 0 spiro atoms. The first kappa shape index (κ1) is 16.4. The van der Waals surface area contributed by atoms with Crippen LogP contribution in [0.1, 0.15) is 16.1 Å². The van der Waals surface area contributed by atoms with Crippen molar-refractivity contribution < 1.29 is 14.3 Å². The Morgan fingerprint density at radius 3 is 2.72 bits per heavy atom. The largest absolute Gasteiger partial charge is 0.497 e.